The van der Waals surface area contributed by atoms with Gasteiger partial charge in [-0.2, -0.15) is 0 Å². The number of carbonyl (C=O) groups excluding carboxylic acids is 2. The Labute approximate surface area is 151 Å². The van der Waals surface area contributed by atoms with Gasteiger partial charge in [-0.3, -0.25) is 0 Å². The van der Waals surface area contributed by atoms with Crippen molar-refractivity contribution in [2.45, 2.75) is 78.0 Å². The molecule has 1 aliphatic rings. The quantitative estimate of drug-likeness (QED) is 0.740. The number of unbranched alkanes of at least 4 members (excludes halogenated alkanes) is 1. The molecule has 7 heteroatoms. The van der Waals surface area contributed by atoms with Gasteiger partial charge in [0.2, 0.25) is 0 Å². The lowest BCUT2D eigenvalue weighted by molar-refractivity contribution is 0.0109. The van der Waals surface area contributed by atoms with Crippen LogP contribution in [0.25, 0.3) is 0 Å². The zero-order valence-electron chi connectivity index (χ0n) is 16.6. The summed E-state index contributed by atoms with van der Waals surface area (Å²) in [5, 5.41) is 6.09. The minimum atomic E-state index is -0.482. The summed E-state index contributed by atoms with van der Waals surface area (Å²) in [6.45, 7) is 14.0. The van der Waals surface area contributed by atoms with E-state index in [-0.39, 0.29) is 18.2 Å². The molecular formula is C18H35N3O4. The normalized spacial score (nSPS) is 18.6. The van der Waals surface area contributed by atoms with Crippen LogP contribution in [0.5, 0.6) is 0 Å². The van der Waals surface area contributed by atoms with E-state index >= 15 is 0 Å². The van der Waals surface area contributed by atoms with E-state index < -0.39 is 11.2 Å². The molecule has 1 unspecified atom stereocenters. The lowest BCUT2D eigenvalue weighted by Gasteiger charge is -2.37. The molecule has 0 bridgehead atoms. The van der Waals surface area contributed by atoms with Crippen molar-refractivity contribution in [2.75, 3.05) is 26.2 Å². The molecule has 146 valence electrons. The van der Waals surface area contributed by atoms with Gasteiger partial charge in [0.25, 0.3) is 0 Å². The molecule has 1 rings (SSSR count). The fourth-order valence-electron chi connectivity index (χ4n) is 2.59. The maximum atomic E-state index is 12.3. The lowest BCUT2D eigenvalue weighted by Crippen LogP contribution is -2.54. The van der Waals surface area contributed by atoms with Gasteiger partial charge in [0, 0.05) is 32.2 Å². The van der Waals surface area contributed by atoms with Gasteiger partial charge in [-0.1, -0.05) is 0 Å². The van der Waals surface area contributed by atoms with Gasteiger partial charge in [-0.25, -0.2) is 9.59 Å². The Balaban J connectivity index is 2.32. The average molecular weight is 357 g/mol. The molecule has 2 amide bonds. The molecule has 0 saturated carbocycles. The molecule has 1 atom stereocenters. The second-order valence-electron chi connectivity index (χ2n) is 8.46. The Bertz CT molecular complexity index is 441. The summed E-state index contributed by atoms with van der Waals surface area (Å²) in [5.74, 6) is 0. The summed E-state index contributed by atoms with van der Waals surface area (Å²) in [6.07, 6.45) is 2.01. The molecule has 0 aromatic rings. The summed E-state index contributed by atoms with van der Waals surface area (Å²) in [4.78, 5) is 25.7. The maximum absolute atomic E-state index is 12.3. The van der Waals surface area contributed by atoms with E-state index in [4.69, 9.17) is 9.47 Å². The second kappa shape index (κ2) is 9.27. The van der Waals surface area contributed by atoms with Crippen LogP contribution in [0.2, 0.25) is 0 Å². The van der Waals surface area contributed by atoms with Gasteiger partial charge in [0.15, 0.2) is 0 Å². The van der Waals surface area contributed by atoms with Gasteiger partial charge in [-0.05, 0) is 60.8 Å². The van der Waals surface area contributed by atoms with E-state index in [1.54, 1.807) is 0 Å². The molecular weight excluding hydrogens is 322 g/mol. The molecule has 1 saturated heterocycles. The van der Waals surface area contributed by atoms with Crippen molar-refractivity contribution in [3.05, 3.63) is 0 Å². The largest absolute Gasteiger partial charge is 0.444 e. The van der Waals surface area contributed by atoms with E-state index in [9.17, 15) is 9.59 Å². The van der Waals surface area contributed by atoms with Crippen molar-refractivity contribution >= 4 is 12.2 Å². The third-order valence-electron chi connectivity index (χ3n) is 3.61. The number of carbonyl (C=O) groups is 2. The predicted molar refractivity (Wildman–Crippen MR) is 97.7 cm³/mol. The summed E-state index contributed by atoms with van der Waals surface area (Å²) in [6, 6.07) is 0.130. The first-order valence-electron chi connectivity index (χ1n) is 9.15. The Hall–Kier alpha value is -1.50. The van der Waals surface area contributed by atoms with Crippen molar-refractivity contribution in [1.82, 2.24) is 15.5 Å². The van der Waals surface area contributed by atoms with Gasteiger partial charge in [0.1, 0.15) is 11.2 Å². The fraction of sp³-hybridized carbons (Fsp3) is 0.889. The van der Waals surface area contributed by atoms with Gasteiger partial charge in [0.05, 0.1) is 0 Å². The molecule has 1 aliphatic heterocycles. The highest BCUT2D eigenvalue weighted by molar-refractivity contribution is 5.69. The topological polar surface area (TPSA) is 79.9 Å². The number of hydrogen-bond acceptors (Lipinski definition) is 5. The van der Waals surface area contributed by atoms with Crippen molar-refractivity contribution in [3.8, 4) is 0 Å². The Morgan fingerprint density at radius 2 is 1.72 bits per heavy atom. The SMILES string of the molecule is CC(C)(C)OC(=O)NCCCCC1CNCCN1C(=O)OC(C)(C)C. The first-order valence-corrected chi connectivity index (χ1v) is 9.15. The van der Waals surface area contributed by atoms with Crippen LogP contribution in [0, 0.1) is 0 Å². The van der Waals surface area contributed by atoms with Crippen LogP contribution in [-0.4, -0.2) is 60.5 Å². The minimum absolute atomic E-state index is 0.130. The Kier molecular flexibility index (Phi) is 7.99. The number of rotatable bonds is 5. The maximum Gasteiger partial charge on any atom is 0.410 e. The highest BCUT2D eigenvalue weighted by atomic mass is 16.6. The summed E-state index contributed by atoms with van der Waals surface area (Å²) in [7, 11) is 0. The zero-order chi connectivity index (χ0) is 19.1. The fourth-order valence-corrected chi connectivity index (χ4v) is 2.59. The van der Waals surface area contributed by atoms with E-state index in [1.165, 1.54) is 0 Å². The number of ether oxygens (including phenoxy) is 2. The minimum Gasteiger partial charge on any atom is -0.444 e. The van der Waals surface area contributed by atoms with Gasteiger partial charge < -0.3 is 25.0 Å². The van der Waals surface area contributed by atoms with E-state index in [2.05, 4.69) is 10.6 Å². The average Bonchev–Trinajstić information content (AvgIpc) is 2.43. The number of hydrogen-bond donors (Lipinski definition) is 2. The monoisotopic (exact) mass is 357 g/mol. The highest BCUT2D eigenvalue weighted by Gasteiger charge is 2.29. The molecule has 0 aliphatic carbocycles. The van der Waals surface area contributed by atoms with Crippen LogP contribution in [0.15, 0.2) is 0 Å². The zero-order valence-corrected chi connectivity index (χ0v) is 16.6. The van der Waals surface area contributed by atoms with Crippen molar-refractivity contribution in [1.29, 1.82) is 0 Å². The van der Waals surface area contributed by atoms with E-state index in [1.807, 2.05) is 46.4 Å². The molecule has 0 aromatic heterocycles. The summed E-state index contributed by atoms with van der Waals surface area (Å²) < 4.78 is 10.7. The third kappa shape index (κ3) is 9.53. The molecule has 2 N–H and O–H groups in total. The first kappa shape index (κ1) is 21.5. The Morgan fingerprint density at radius 3 is 2.32 bits per heavy atom. The number of amides is 2. The van der Waals surface area contributed by atoms with Crippen molar-refractivity contribution < 1.29 is 19.1 Å². The first-order chi connectivity index (χ1) is 11.5. The predicted octanol–water partition coefficient (Wildman–Crippen LogP) is 2.89. The standard InChI is InChI=1S/C18H35N3O4/c1-17(2,3)24-15(22)20-10-8-7-9-14-13-19-11-12-21(14)16(23)25-18(4,5)6/h14,19H,7-13H2,1-6H3,(H,20,22). The van der Waals surface area contributed by atoms with Gasteiger partial charge >= 0.3 is 12.2 Å². The highest BCUT2D eigenvalue weighted by Crippen LogP contribution is 2.16. The molecule has 1 fully saturated rings. The molecule has 0 radical (unpaired) electrons. The molecule has 0 spiro atoms. The Morgan fingerprint density at radius 1 is 1.08 bits per heavy atom. The van der Waals surface area contributed by atoms with Crippen molar-refractivity contribution in [2.24, 2.45) is 0 Å². The van der Waals surface area contributed by atoms with Crippen LogP contribution in [0.4, 0.5) is 9.59 Å². The number of alkyl carbamates (subject to hydrolysis) is 1. The van der Waals surface area contributed by atoms with Gasteiger partial charge in [-0.15, -0.1) is 0 Å². The smallest absolute Gasteiger partial charge is 0.410 e. The van der Waals surface area contributed by atoms with Crippen LogP contribution in [-0.2, 0) is 9.47 Å². The molecule has 0 aromatic carbocycles. The number of nitrogens with zero attached hydrogens (tertiary/aromatic N) is 1. The third-order valence-corrected chi connectivity index (χ3v) is 3.61. The summed E-state index contributed by atoms with van der Waals surface area (Å²) in [5.41, 5.74) is -0.963. The van der Waals surface area contributed by atoms with Crippen LogP contribution in [0.1, 0.15) is 60.8 Å². The molecule has 7 nitrogen and oxygen atoms in total. The van der Waals surface area contributed by atoms with Crippen LogP contribution < -0.4 is 10.6 Å². The second-order valence-corrected chi connectivity index (χ2v) is 8.46. The number of nitrogens with one attached hydrogen (secondary N) is 2. The lowest BCUT2D eigenvalue weighted by atomic mass is 10.1. The van der Waals surface area contributed by atoms with Crippen molar-refractivity contribution in [3.63, 3.8) is 0 Å². The number of piperazine rings is 1. The van der Waals surface area contributed by atoms with E-state index in [0.29, 0.717) is 13.1 Å². The van der Waals surface area contributed by atoms with Crippen LogP contribution >= 0.6 is 0 Å². The molecule has 25 heavy (non-hydrogen) atoms. The molecule has 1 heterocycles. The summed E-state index contributed by atoms with van der Waals surface area (Å²) >= 11 is 0. The van der Waals surface area contributed by atoms with E-state index in [0.717, 1.165) is 32.4 Å². The van der Waals surface area contributed by atoms with Crippen LogP contribution in [0.3, 0.4) is 0 Å².